The number of amides is 2. The molecular formula is C36H44N4O3. The summed E-state index contributed by atoms with van der Waals surface area (Å²) in [6.45, 7) is 12.2. The van der Waals surface area contributed by atoms with Crippen molar-refractivity contribution in [3.63, 3.8) is 0 Å². The lowest BCUT2D eigenvalue weighted by molar-refractivity contribution is -0.132. The molecule has 2 amide bonds. The van der Waals surface area contributed by atoms with E-state index >= 15 is 0 Å². The lowest BCUT2D eigenvalue weighted by Gasteiger charge is -2.30. The van der Waals surface area contributed by atoms with Crippen molar-refractivity contribution in [3.05, 3.63) is 95.2 Å². The van der Waals surface area contributed by atoms with Crippen LogP contribution in [-0.4, -0.2) is 65.5 Å². The molecule has 0 N–H and O–H groups in total. The largest absolute Gasteiger partial charge is 0.497 e. The van der Waals surface area contributed by atoms with Crippen molar-refractivity contribution < 1.29 is 14.3 Å². The highest BCUT2D eigenvalue weighted by atomic mass is 16.5. The van der Waals surface area contributed by atoms with E-state index < -0.39 is 0 Å². The van der Waals surface area contributed by atoms with Gasteiger partial charge in [-0.1, -0.05) is 48.5 Å². The van der Waals surface area contributed by atoms with Crippen molar-refractivity contribution in [2.24, 2.45) is 0 Å². The summed E-state index contributed by atoms with van der Waals surface area (Å²) in [4.78, 5) is 34.4. The molecule has 0 aliphatic carbocycles. The molecule has 0 radical (unpaired) electrons. The van der Waals surface area contributed by atoms with Gasteiger partial charge < -0.3 is 19.1 Å². The number of hydrogen-bond donors (Lipinski definition) is 0. The van der Waals surface area contributed by atoms with Crippen LogP contribution in [0.4, 0.5) is 5.69 Å². The van der Waals surface area contributed by atoms with Crippen LogP contribution in [0.2, 0.25) is 0 Å². The highest BCUT2D eigenvalue weighted by molar-refractivity contribution is 5.96. The van der Waals surface area contributed by atoms with Crippen LogP contribution in [0.25, 0.3) is 10.9 Å². The number of rotatable bonds is 6. The molecule has 0 saturated heterocycles. The molecule has 0 spiro atoms. The zero-order valence-electron chi connectivity index (χ0n) is 26.2. The van der Waals surface area contributed by atoms with E-state index in [0.717, 1.165) is 64.2 Å². The summed E-state index contributed by atoms with van der Waals surface area (Å²) in [5.74, 6) is 0.911. The molecule has 7 heteroatoms. The topological polar surface area (TPSA) is 58.0 Å². The minimum absolute atomic E-state index is 0.0587. The van der Waals surface area contributed by atoms with Crippen LogP contribution in [-0.2, 0) is 29.1 Å². The molecule has 1 aliphatic rings. The van der Waals surface area contributed by atoms with Crippen LogP contribution in [0.5, 0.6) is 5.75 Å². The molecule has 1 aliphatic heterocycles. The lowest BCUT2D eigenvalue weighted by Crippen LogP contribution is -2.42. The Morgan fingerprint density at radius 3 is 2.37 bits per heavy atom. The predicted molar refractivity (Wildman–Crippen MR) is 174 cm³/mol. The number of nitrogens with zero attached hydrogens (tertiary/aromatic N) is 4. The van der Waals surface area contributed by atoms with Gasteiger partial charge >= 0.3 is 0 Å². The smallest absolute Gasteiger partial charge is 0.242 e. The molecule has 0 saturated carbocycles. The normalized spacial score (nSPS) is 14.9. The van der Waals surface area contributed by atoms with Gasteiger partial charge in [-0.25, -0.2) is 0 Å². The van der Waals surface area contributed by atoms with E-state index in [1.807, 2.05) is 52.3 Å². The third-order valence-corrected chi connectivity index (χ3v) is 8.65. The zero-order chi connectivity index (χ0) is 30.5. The molecule has 43 heavy (non-hydrogen) atoms. The maximum Gasteiger partial charge on any atom is 0.242 e. The van der Waals surface area contributed by atoms with Crippen LogP contribution < -0.4 is 9.64 Å². The van der Waals surface area contributed by atoms with Crippen LogP contribution in [0, 0.1) is 13.8 Å². The molecule has 0 bridgehead atoms. The Labute approximate surface area is 255 Å². The number of benzene rings is 3. The van der Waals surface area contributed by atoms with Crippen molar-refractivity contribution in [3.8, 4) is 5.75 Å². The molecule has 0 unspecified atom stereocenters. The van der Waals surface area contributed by atoms with Gasteiger partial charge in [0.1, 0.15) is 12.3 Å². The number of anilines is 1. The second kappa shape index (κ2) is 13.5. The summed E-state index contributed by atoms with van der Waals surface area (Å²) < 4.78 is 7.42. The van der Waals surface area contributed by atoms with Gasteiger partial charge in [0, 0.05) is 50.0 Å². The highest BCUT2D eigenvalue weighted by Gasteiger charge is 2.26. The molecule has 3 aromatic carbocycles. The monoisotopic (exact) mass is 580 g/mol. The summed E-state index contributed by atoms with van der Waals surface area (Å²) in [5, 5.41) is 1.14. The number of hydrogen-bond acceptors (Lipinski definition) is 4. The molecule has 226 valence electrons. The van der Waals surface area contributed by atoms with Gasteiger partial charge in [-0.2, -0.15) is 0 Å². The fourth-order valence-corrected chi connectivity index (χ4v) is 6.21. The van der Waals surface area contributed by atoms with Crippen molar-refractivity contribution in [1.82, 2.24) is 14.4 Å². The first-order chi connectivity index (χ1) is 20.7. The van der Waals surface area contributed by atoms with Crippen LogP contribution >= 0.6 is 0 Å². The molecule has 0 fully saturated rings. The molecule has 5 rings (SSSR count). The second-order valence-corrected chi connectivity index (χ2v) is 11.9. The fraction of sp³-hybridized carbons (Fsp3) is 0.389. The Bertz CT molecular complexity index is 1570. The van der Waals surface area contributed by atoms with Crippen molar-refractivity contribution in [2.45, 2.75) is 59.7 Å². The number of carbonyl (C=O) groups excluding carboxylic acids is 2. The maximum absolute atomic E-state index is 14.1. The van der Waals surface area contributed by atoms with Gasteiger partial charge in [0.2, 0.25) is 11.8 Å². The summed E-state index contributed by atoms with van der Waals surface area (Å²) in [6, 6.07) is 24.6. The summed E-state index contributed by atoms with van der Waals surface area (Å²) in [6.07, 6.45) is 1.15. The van der Waals surface area contributed by atoms with E-state index in [-0.39, 0.29) is 18.4 Å². The Balaban J connectivity index is 1.48. The van der Waals surface area contributed by atoms with E-state index in [2.05, 4.69) is 67.5 Å². The number of ether oxygens (including phenoxy) is 1. The predicted octanol–water partition coefficient (Wildman–Crippen LogP) is 5.99. The Hall–Kier alpha value is -4.10. The van der Waals surface area contributed by atoms with Gasteiger partial charge in [0.05, 0.1) is 19.2 Å². The summed E-state index contributed by atoms with van der Waals surface area (Å²) in [7, 11) is 1.64. The van der Waals surface area contributed by atoms with Crippen LogP contribution in [0.3, 0.4) is 0 Å². The average Bonchev–Trinajstić information content (AvgIpc) is 3.29. The van der Waals surface area contributed by atoms with Crippen molar-refractivity contribution in [1.29, 1.82) is 0 Å². The Morgan fingerprint density at radius 1 is 0.860 bits per heavy atom. The Morgan fingerprint density at radius 2 is 1.63 bits per heavy atom. The van der Waals surface area contributed by atoms with E-state index in [1.165, 1.54) is 0 Å². The number of carbonyl (C=O) groups is 2. The first-order valence-corrected chi connectivity index (χ1v) is 15.3. The fourth-order valence-electron chi connectivity index (χ4n) is 6.21. The zero-order valence-corrected chi connectivity index (χ0v) is 26.2. The molecule has 7 nitrogen and oxygen atoms in total. The van der Waals surface area contributed by atoms with Gasteiger partial charge in [-0.05, 0) is 80.5 Å². The minimum Gasteiger partial charge on any atom is -0.497 e. The van der Waals surface area contributed by atoms with Crippen LogP contribution in [0.1, 0.15) is 42.7 Å². The highest BCUT2D eigenvalue weighted by Crippen LogP contribution is 2.29. The lowest BCUT2D eigenvalue weighted by atomic mass is 10.0. The quantitative estimate of drug-likeness (QED) is 0.281. The molecule has 4 aromatic rings. The number of fused-ring (bicyclic) bond motifs is 2. The van der Waals surface area contributed by atoms with E-state index in [1.54, 1.807) is 7.11 Å². The Kier molecular flexibility index (Phi) is 9.51. The third-order valence-electron chi connectivity index (χ3n) is 8.65. The summed E-state index contributed by atoms with van der Waals surface area (Å²) in [5.41, 5.74) is 6.07. The van der Waals surface area contributed by atoms with E-state index in [9.17, 15) is 9.59 Å². The standard InChI is InChI=1S/C36H44N4O3/c1-26(2)37-18-9-19-39(34(41)23-29-14-16-32(43-5)17-15-29)36-27(3)10-8-12-31(36)24-38(21-20-37)35(42)25-40-28(4)22-30-11-6-7-13-33(30)40/h6-8,10-17,22,26H,9,18-21,23-25H2,1-5H3. The number of aromatic nitrogens is 1. The number of methoxy groups -OCH3 is 1. The van der Waals surface area contributed by atoms with Gasteiger partial charge in [-0.15, -0.1) is 0 Å². The van der Waals surface area contributed by atoms with E-state index in [4.69, 9.17) is 4.74 Å². The molecule has 1 aromatic heterocycles. The first kappa shape index (κ1) is 30.4. The van der Waals surface area contributed by atoms with Gasteiger partial charge in [0.25, 0.3) is 0 Å². The van der Waals surface area contributed by atoms with E-state index in [0.29, 0.717) is 32.1 Å². The van der Waals surface area contributed by atoms with Crippen molar-refractivity contribution in [2.75, 3.05) is 38.2 Å². The van der Waals surface area contributed by atoms with Gasteiger partial charge in [-0.3, -0.25) is 14.5 Å². The number of aryl methyl sites for hydroxylation is 2. The summed E-state index contributed by atoms with van der Waals surface area (Å²) >= 11 is 0. The third kappa shape index (κ3) is 6.94. The minimum atomic E-state index is 0.0587. The SMILES string of the molecule is COc1ccc(CC(=O)N2CCCN(C(C)C)CCN(C(=O)Cn3c(C)cc4ccccc43)Cc3cccc(C)c32)cc1. The number of para-hydroxylation sites is 2. The maximum atomic E-state index is 14.1. The molecule has 0 atom stereocenters. The van der Waals surface area contributed by atoms with Crippen LogP contribution in [0.15, 0.2) is 72.8 Å². The average molecular weight is 581 g/mol. The van der Waals surface area contributed by atoms with Gasteiger partial charge in [0.15, 0.2) is 0 Å². The molecule has 2 heterocycles. The second-order valence-electron chi connectivity index (χ2n) is 11.9. The molecular weight excluding hydrogens is 536 g/mol. The first-order valence-electron chi connectivity index (χ1n) is 15.3. The van der Waals surface area contributed by atoms with Crippen molar-refractivity contribution >= 4 is 28.4 Å².